The normalized spacial score (nSPS) is 12.6. The summed E-state index contributed by atoms with van der Waals surface area (Å²) in [6, 6.07) is 3.67. The Kier molecular flexibility index (Phi) is 11.2. The van der Waals surface area contributed by atoms with E-state index >= 15 is 0 Å². The molecule has 1 rings (SSSR count). The van der Waals surface area contributed by atoms with Crippen LogP contribution in [0.4, 0.5) is 0 Å². The van der Waals surface area contributed by atoms with Crippen molar-refractivity contribution in [1.82, 2.24) is 10.6 Å². The van der Waals surface area contributed by atoms with Crippen molar-refractivity contribution in [3.8, 4) is 17.2 Å². The van der Waals surface area contributed by atoms with E-state index in [1.807, 2.05) is 26.0 Å². The van der Waals surface area contributed by atoms with E-state index in [0.29, 0.717) is 29.7 Å². The molecule has 1 atom stereocenters. The Labute approximate surface area is 169 Å². The second-order valence-electron chi connectivity index (χ2n) is 6.66. The van der Waals surface area contributed by atoms with Crippen molar-refractivity contribution in [1.29, 1.82) is 0 Å². The van der Waals surface area contributed by atoms with Gasteiger partial charge in [0.15, 0.2) is 5.96 Å². The van der Waals surface area contributed by atoms with Crippen LogP contribution >= 0.6 is 0 Å². The smallest absolute Gasteiger partial charge is 0.191 e. The van der Waals surface area contributed by atoms with Crippen LogP contribution in [0.5, 0.6) is 17.2 Å². The fourth-order valence-corrected chi connectivity index (χ4v) is 2.89. The van der Waals surface area contributed by atoms with E-state index in [2.05, 4.69) is 24.5 Å². The molecular weight excluding hydrogens is 358 g/mol. The zero-order valence-corrected chi connectivity index (χ0v) is 18.4. The van der Waals surface area contributed by atoms with E-state index in [-0.39, 0.29) is 6.10 Å². The van der Waals surface area contributed by atoms with Gasteiger partial charge < -0.3 is 29.6 Å². The molecule has 0 aliphatic carbocycles. The predicted octanol–water partition coefficient (Wildman–Crippen LogP) is 3.22. The van der Waals surface area contributed by atoms with E-state index in [0.717, 1.165) is 37.6 Å². The van der Waals surface area contributed by atoms with Crippen molar-refractivity contribution in [2.45, 2.75) is 46.8 Å². The van der Waals surface area contributed by atoms with E-state index in [1.54, 1.807) is 21.3 Å². The molecule has 0 radical (unpaired) electrons. The van der Waals surface area contributed by atoms with Gasteiger partial charge in [0.2, 0.25) is 0 Å². The summed E-state index contributed by atoms with van der Waals surface area (Å²) in [6.07, 6.45) is 1.16. The lowest BCUT2D eigenvalue weighted by molar-refractivity contribution is 0.0258. The molecule has 0 amide bonds. The van der Waals surface area contributed by atoms with Gasteiger partial charge in [-0.05, 0) is 26.2 Å². The van der Waals surface area contributed by atoms with Gasteiger partial charge in [-0.15, -0.1) is 0 Å². The van der Waals surface area contributed by atoms with E-state index < -0.39 is 0 Å². The Morgan fingerprint density at radius 2 is 1.64 bits per heavy atom. The number of benzene rings is 1. The Balaban J connectivity index is 2.87. The van der Waals surface area contributed by atoms with Crippen molar-refractivity contribution in [3.63, 3.8) is 0 Å². The van der Waals surface area contributed by atoms with Crippen molar-refractivity contribution < 1.29 is 18.9 Å². The zero-order valence-electron chi connectivity index (χ0n) is 18.4. The Hall–Kier alpha value is -2.15. The number of methoxy groups -OCH3 is 3. The molecule has 1 unspecified atom stereocenters. The first kappa shape index (κ1) is 23.9. The molecule has 0 aliphatic heterocycles. The number of guanidine groups is 1. The van der Waals surface area contributed by atoms with Crippen molar-refractivity contribution >= 4 is 5.96 Å². The molecule has 7 nitrogen and oxygen atoms in total. The molecule has 0 aliphatic rings. The van der Waals surface area contributed by atoms with Crippen molar-refractivity contribution in [2.75, 3.05) is 41.0 Å². The standard InChI is InChI=1S/C21H37N3O4/c1-8-22-21(23-11-10-18(15(3)4)28-9-2)24-14-17-19(26-6)12-16(25-5)13-20(17)27-7/h12-13,15,18H,8-11,14H2,1-7H3,(H2,22,23,24). The van der Waals surface area contributed by atoms with Crippen LogP contribution in [0, 0.1) is 5.92 Å². The van der Waals surface area contributed by atoms with E-state index in [4.69, 9.17) is 23.9 Å². The summed E-state index contributed by atoms with van der Waals surface area (Å²) in [5, 5.41) is 6.66. The van der Waals surface area contributed by atoms with Crippen molar-refractivity contribution in [2.24, 2.45) is 10.9 Å². The predicted molar refractivity (Wildman–Crippen MR) is 114 cm³/mol. The molecule has 7 heteroatoms. The third-order valence-electron chi connectivity index (χ3n) is 4.40. The largest absolute Gasteiger partial charge is 0.496 e. The molecule has 0 bridgehead atoms. The van der Waals surface area contributed by atoms with Crippen LogP contribution < -0.4 is 24.8 Å². The minimum atomic E-state index is 0.238. The number of aliphatic imine (C=N–C) groups is 1. The third-order valence-corrected chi connectivity index (χ3v) is 4.40. The van der Waals surface area contributed by atoms with Gasteiger partial charge in [-0.2, -0.15) is 0 Å². The summed E-state index contributed by atoms with van der Waals surface area (Å²) in [7, 11) is 4.88. The fourth-order valence-electron chi connectivity index (χ4n) is 2.89. The van der Waals surface area contributed by atoms with E-state index in [1.165, 1.54) is 0 Å². The summed E-state index contributed by atoms with van der Waals surface area (Å²) in [6.45, 7) is 11.2. The van der Waals surface area contributed by atoms with Gasteiger partial charge in [0.25, 0.3) is 0 Å². The van der Waals surface area contributed by atoms with Gasteiger partial charge in [-0.3, -0.25) is 0 Å². The lowest BCUT2D eigenvalue weighted by atomic mass is 10.0. The van der Waals surface area contributed by atoms with Crippen molar-refractivity contribution in [3.05, 3.63) is 17.7 Å². The average Bonchev–Trinajstić information content (AvgIpc) is 2.70. The fraction of sp³-hybridized carbons (Fsp3) is 0.667. The SMILES string of the molecule is CCNC(=NCc1c(OC)cc(OC)cc1OC)NCCC(OCC)C(C)C. The molecular formula is C21H37N3O4. The van der Waals surface area contributed by atoms with Crippen LogP contribution in [0.15, 0.2) is 17.1 Å². The number of hydrogen-bond donors (Lipinski definition) is 2. The van der Waals surface area contributed by atoms with Crippen LogP contribution in [0.3, 0.4) is 0 Å². The first-order valence-corrected chi connectivity index (χ1v) is 9.93. The van der Waals surface area contributed by atoms with Gasteiger partial charge >= 0.3 is 0 Å². The highest BCUT2D eigenvalue weighted by Gasteiger charge is 2.15. The summed E-state index contributed by atoms with van der Waals surface area (Å²) in [5.74, 6) is 3.29. The first-order valence-electron chi connectivity index (χ1n) is 9.93. The van der Waals surface area contributed by atoms with Crippen LogP contribution in [0.25, 0.3) is 0 Å². The monoisotopic (exact) mass is 395 g/mol. The number of nitrogens with one attached hydrogen (secondary N) is 2. The highest BCUT2D eigenvalue weighted by molar-refractivity contribution is 5.79. The van der Waals surface area contributed by atoms with Gasteiger partial charge in [0.05, 0.1) is 39.5 Å². The van der Waals surface area contributed by atoms with Gasteiger partial charge in [-0.1, -0.05) is 13.8 Å². The number of nitrogens with zero attached hydrogens (tertiary/aromatic N) is 1. The zero-order chi connectivity index (χ0) is 20.9. The molecule has 28 heavy (non-hydrogen) atoms. The molecule has 0 saturated heterocycles. The average molecular weight is 396 g/mol. The number of hydrogen-bond acceptors (Lipinski definition) is 5. The Morgan fingerprint density at radius 3 is 2.11 bits per heavy atom. The Bertz CT molecular complexity index is 580. The second-order valence-corrected chi connectivity index (χ2v) is 6.66. The van der Waals surface area contributed by atoms with Gasteiger partial charge in [0, 0.05) is 31.8 Å². The lowest BCUT2D eigenvalue weighted by Crippen LogP contribution is -2.39. The summed E-state index contributed by atoms with van der Waals surface area (Å²) in [5.41, 5.74) is 0.873. The summed E-state index contributed by atoms with van der Waals surface area (Å²) in [4.78, 5) is 4.70. The minimum Gasteiger partial charge on any atom is -0.496 e. The minimum absolute atomic E-state index is 0.238. The first-order chi connectivity index (χ1) is 13.5. The summed E-state index contributed by atoms with van der Waals surface area (Å²) >= 11 is 0. The molecule has 1 aromatic rings. The molecule has 0 spiro atoms. The molecule has 0 aromatic heterocycles. The highest BCUT2D eigenvalue weighted by atomic mass is 16.5. The number of ether oxygens (including phenoxy) is 4. The topological polar surface area (TPSA) is 73.3 Å². The maximum atomic E-state index is 5.81. The highest BCUT2D eigenvalue weighted by Crippen LogP contribution is 2.34. The molecule has 0 heterocycles. The van der Waals surface area contributed by atoms with Gasteiger partial charge in [-0.25, -0.2) is 4.99 Å². The molecule has 1 aromatic carbocycles. The Morgan fingerprint density at radius 1 is 1.00 bits per heavy atom. The van der Waals surface area contributed by atoms with E-state index in [9.17, 15) is 0 Å². The third kappa shape index (κ3) is 7.46. The van der Waals surface area contributed by atoms with Crippen LogP contribution in [0.2, 0.25) is 0 Å². The number of rotatable bonds is 12. The van der Waals surface area contributed by atoms with Gasteiger partial charge in [0.1, 0.15) is 17.2 Å². The second kappa shape index (κ2) is 13.1. The van der Waals surface area contributed by atoms with Crippen LogP contribution in [-0.4, -0.2) is 53.1 Å². The maximum absolute atomic E-state index is 5.81. The quantitative estimate of drug-likeness (QED) is 0.418. The molecule has 0 fully saturated rings. The maximum Gasteiger partial charge on any atom is 0.191 e. The van der Waals surface area contributed by atoms with Crippen LogP contribution in [0.1, 0.15) is 39.7 Å². The lowest BCUT2D eigenvalue weighted by Gasteiger charge is -2.21. The van der Waals surface area contributed by atoms with Crippen LogP contribution in [-0.2, 0) is 11.3 Å². The molecule has 160 valence electrons. The summed E-state index contributed by atoms with van der Waals surface area (Å²) < 4.78 is 22.1. The molecule has 0 saturated carbocycles. The molecule has 2 N–H and O–H groups in total.